The zero-order valence-corrected chi connectivity index (χ0v) is 20.9. The molecule has 0 atom stereocenters. The van der Waals surface area contributed by atoms with Crippen LogP contribution in [0.1, 0.15) is 33.3 Å². The molecule has 28 heavy (non-hydrogen) atoms. The van der Waals surface area contributed by atoms with Crippen molar-refractivity contribution in [2.45, 2.75) is 34.1 Å². The van der Waals surface area contributed by atoms with E-state index in [1.165, 1.54) is 19.8 Å². The van der Waals surface area contributed by atoms with Crippen molar-refractivity contribution in [3.05, 3.63) is 54.1 Å². The van der Waals surface area contributed by atoms with Crippen molar-refractivity contribution in [1.82, 2.24) is 0 Å². The average molecular weight is 604 g/mol. The number of carbonyl (C=O) groups is 3. The summed E-state index contributed by atoms with van der Waals surface area (Å²) in [5.74, 6) is -2.50. The molecule has 0 unspecified atom stereocenters. The average Bonchev–Trinajstić information content (AvgIpc) is 2.60. The predicted molar refractivity (Wildman–Crippen MR) is 112 cm³/mol. The summed E-state index contributed by atoms with van der Waals surface area (Å²) in [6.45, 7) is 5.44. The first-order valence-corrected chi connectivity index (χ1v) is 14.9. The van der Waals surface area contributed by atoms with Gasteiger partial charge in [0, 0.05) is 20.8 Å². The quantitative estimate of drug-likeness (QED) is 0.462. The van der Waals surface area contributed by atoms with Gasteiger partial charge in [0.15, 0.2) is 0 Å². The molecule has 0 amide bonds. The van der Waals surface area contributed by atoms with E-state index in [1.807, 2.05) is 6.07 Å². The van der Waals surface area contributed by atoms with Crippen molar-refractivity contribution in [2.24, 2.45) is 0 Å². The van der Waals surface area contributed by atoms with Crippen molar-refractivity contribution >= 4 is 52.4 Å². The summed E-state index contributed by atoms with van der Waals surface area (Å²) in [4.78, 5) is 27.0. The van der Waals surface area contributed by atoms with Gasteiger partial charge in [-0.3, -0.25) is 14.4 Å². The molecule has 0 heterocycles. The maximum atomic E-state index is 9.00. The molecule has 0 bridgehead atoms. The molecule has 3 N–H and O–H groups in total. The van der Waals surface area contributed by atoms with Crippen LogP contribution in [0.15, 0.2) is 48.5 Å². The fourth-order valence-corrected chi connectivity index (χ4v) is 5.63. The van der Waals surface area contributed by atoms with E-state index in [0.717, 1.165) is 27.2 Å². The molecule has 2 radical (unpaired) electrons. The third kappa shape index (κ3) is 17.5. The van der Waals surface area contributed by atoms with Gasteiger partial charge >= 0.3 is 113 Å². The monoisotopic (exact) mass is 604 g/mol. The standard InChI is InChI=1S/C14H13.3C2H4O2.ClH.Pb/c1-2-12-8-10-14(11-9-12)13-6-4-3-5-7-13;3*1-2(3)4;;/h3-8,10-11H,2H2,1H3;3*1H3,(H,3,4);1H;/q;;;;;+1/p-1. The van der Waals surface area contributed by atoms with Crippen LogP contribution >= 0.6 is 8.32 Å². The zero-order chi connectivity index (χ0) is 22.1. The Morgan fingerprint density at radius 1 is 0.821 bits per heavy atom. The number of rotatable bonds is 3. The van der Waals surface area contributed by atoms with Crippen molar-refractivity contribution in [3.63, 3.8) is 0 Å². The van der Waals surface area contributed by atoms with Crippen molar-refractivity contribution < 1.29 is 29.7 Å². The molecule has 6 nitrogen and oxygen atoms in total. The molecule has 2 rings (SSSR count). The second-order valence-corrected chi connectivity index (χ2v) is 9.73. The van der Waals surface area contributed by atoms with Crippen molar-refractivity contribution in [2.75, 3.05) is 0 Å². The second-order valence-electron chi connectivity index (χ2n) is 5.24. The van der Waals surface area contributed by atoms with E-state index < -0.39 is 40.9 Å². The van der Waals surface area contributed by atoms with Crippen LogP contribution in [0.25, 0.3) is 11.1 Å². The van der Waals surface area contributed by atoms with Gasteiger partial charge in [-0.1, -0.05) is 0 Å². The summed E-state index contributed by atoms with van der Waals surface area (Å²) in [6, 6.07) is 17.2. The van der Waals surface area contributed by atoms with E-state index in [-0.39, 0.29) is 0 Å². The Morgan fingerprint density at radius 3 is 1.61 bits per heavy atom. The summed E-state index contributed by atoms with van der Waals surface area (Å²) in [5, 5.41) is 22.2. The molecule has 0 aliphatic carbocycles. The maximum absolute atomic E-state index is 9.00. The van der Waals surface area contributed by atoms with Crippen LogP contribution in [-0.2, 0) is 20.8 Å². The van der Waals surface area contributed by atoms with E-state index in [4.69, 9.17) is 38.0 Å². The van der Waals surface area contributed by atoms with Gasteiger partial charge < -0.3 is 15.3 Å². The van der Waals surface area contributed by atoms with E-state index in [2.05, 4.69) is 49.4 Å². The normalized spacial score (nSPS) is 8.61. The van der Waals surface area contributed by atoms with E-state index in [0.29, 0.717) is 0 Å². The fourth-order valence-electron chi connectivity index (χ4n) is 1.78. The van der Waals surface area contributed by atoms with E-state index in [1.54, 1.807) is 0 Å². The molecule has 2 aromatic carbocycles. The Bertz CT molecular complexity index is 694. The van der Waals surface area contributed by atoms with Gasteiger partial charge in [-0.2, -0.15) is 0 Å². The van der Waals surface area contributed by atoms with Gasteiger partial charge in [0.2, 0.25) is 0 Å². The number of hydrogen-bond acceptors (Lipinski definition) is 3. The number of carboxylic acid groups (broad SMARTS) is 3. The third-order valence-electron chi connectivity index (χ3n) is 2.70. The molecule has 0 spiro atoms. The first-order chi connectivity index (χ1) is 13.0. The molecule has 0 aliphatic heterocycles. The van der Waals surface area contributed by atoms with Crippen LogP contribution in [0.5, 0.6) is 0 Å². The Hall–Kier alpha value is -1.94. The van der Waals surface area contributed by atoms with Gasteiger partial charge in [0.05, 0.1) is 0 Å². The third-order valence-corrected chi connectivity index (χ3v) is 7.09. The number of halogens is 1. The van der Waals surface area contributed by atoms with Crippen molar-refractivity contribution in [3.8, 4) is 11.1 Å². The molecule has 2 aromatic rings. The molecule has 152 valence electrons. The Balaban J connectivity index is 0. The van der Waals surface area contributed by atoms with Crippen LogP contribution in [0.4, 0.5) is 0 Å². The molecule has 0 aliphatic rings. The number of benzene rings is 2. The van der Waals surface area contributed by atoms with Gasteiger partial charge in [-0.25, -0.2) is 0 Å². The summed E-state index contributed by atoms with van der Waals surface area (Å²) >= 11 is -1.08. The summed E-state index contributed by atoms with van der Waals surface area (Å²) in [7, 11) is 6.16. The molecule has 0 fully saturated rings. The minimum atomic E-state index is -1.08. The molecule has 0 saturated carbocycles. The summed E-state index contributed by atoms with van der Waals surface area (Å²) in [5.41, 5.74) is 4.00. The van der Waals surface area contributed by atoms with E-state index in [9.17, 15) is 0 Å². The van der Waals surface area contributed by atoms with Gasteiger partial charge in [-0.05, 0) is 0 Å². The number of hydrogen-bond donors (Lipinski definition) is 3. The van der Waals surface area contributed by atoms with Gasteiger partial charge in [0.25, 0.3) is 17.9 Å². The minimum absolute atomic E-state index is 0.833. The fraction of sp³-hybridized carbons (Fsp3) is 0.250. The molecule has 0 saturated heterocycles. The first kappa shape index (κ1) is 28.3. The van der Waals surface area contributed by atoms with Gasteiger partial charge in [-0.15, -0.1) is 0 Å². The van der Waals surface area contributed by atoms with Crippen LogP contribution in [0.3, 0.4) is 0 Å². The van der Waals surface area contributed by atoms with Crippen LogP contribution < -0.4 is 3.12 Å². The molecular weight excluding hydrogens is 579 g/mol. The van der Waals surface area contributed by atoms with Gasteiger partial charge in [0.1, 0.15) is 0 Å². The molecule has 8 heteroatoms. The van der Waals surface area contributed by atoms with Crippen LogP contribution in [0.2, 0.25) is 0 Å². The first-order valence-electron chi connectivity index (χ1n) is 8.18. The van der Waals surface area contributed by atoms with Crippen molar-refractivity contribution in [1.29, 1.82) is 0 Å². The number of aryl methyl sites for hydroxylation is 1. The Morgan fingerprint density at radius 2 is 1.25 bits per heavy atom. The SMILES string of the molecule is CC(=O)O.CC(=O)O.CC(=O)O.CCc1ccc(-c2ccccc2)c[c]1[Pb][Cl]. The predicted octanol–water partition coefficient (Wildman–Crippen LogP) is 3.67. The summed E-state index contributed by atoms with van der Waals surface area (Å²) < 4.78 is 1.44. The molecule has 0 aromatic heterocycles. The Labute approximate surface area is 180 Å². The Kier molecular flexibility index (Phi) is 17.3. The number of aliphatic carboxylic acids is 3. The van der Waals surface area contributed by atoms with Crippen LogP contribution in [0, 0.1) is 0 Å². The van der Waals surface area contributed by atoms with Crippen LogP contribution in [-0.4, -0.2) is 56.2 Å². The summed E-state index contributed by atoms with van der Waals surface area (Å²) in [6.07, 6.45) is 1.09. The molecular formula is C20H25ClO6Pb. The topological polar surface area (TPSA) is 112 Å². The zero-order valence-electron chi connectivity index (χ0n) is 16.3. The van der Waals surface area contributed by atoms with E-state index >= 15 is 0 Å². The number of carboxylic acids is 3. The second kappa shape index (κ2) is 17.2.